The lowest BCUT2D eigenvalue weighted by Crippen LogP contribution is -2.30. The molecule has 0 fully saturated rings. The van der Waals surface area contributed by atoms with Crippen LogP contribution in [-0.4, -0.2) is 38.7 Å². The fraction of sp³-hybridized carbons (Fsp3) is 0.429. The van der Waals surface area contributed by atoms with Gasteiger partial charge in [0.05, 0.1) is 11.4 Å². The molecule has 0 aromatic carbocycles. The van der Waals surface area contributed by atoms with E-state index >= 15 is 0 Å². The van der Waals surface area contributed by atoms with Crippen molar-refractivity contribution in [3.63, 3.8) is 0 Å². The van der Waals surface area contributed by atoms with Crippen molar-refractivity contribution in [3.8, 4) is 0 Å². The second kappa shape index (κ2) is 8.11. The molecular weight excluding hydrogens is 338 g/mol. The van der Waals surface area contributed by atoms with Gasteiger partial charge in [0.25, 0.3) is 5.56 Å². The zero-order chi connectivity index (χ0) is 16.8. The third-order valence-electron chi connectivity index (χ3n) is 3.01. The number of carboxylic acids is 1. The molecule has 1 atom stereocenters. The minimum atomic E-state index is -0.873. The summed E-state index contributed by atoms with van der Waals surface area (Å²) >= 11 is 2.75. The number of aliphatic carboxylic acids is 1. The van der Waals surface area contributed by atoms with Gasteiger partial charge in [-0.05, 0) is 5.92 Å². The van der Waals surface area contributed by atoms with Gasteiger partial charge in [0.1, 0.15) is 0 Å². The zero-order valence-corrected chi connectivity index (χ0v) is 14.2. The molecule has 2 N–H and O–H groups in total. The van der Waals surface area contributed by atoms with Gasteiger partial charge in [-0.15, -0.1) is 23.1 Å². The van der Waals surface area contributed by atoms with Crippen LogP contribution in [0.25, 0.3) is 4.96 Å². The molecule has 9 heteroatoms. The Kier molecular flexibility index (Phi) is 6.17. The van der Waals surface area contributed by atoms with Gasteiger partial charge in [-0.3, -0.25) is 18.8 Å². The van der Waals surface area contributed by atoms with E-state index in [2.05, 4.69) is 10.3 Å². The molecule has 0 spiro atoms. The van der Waals surface area contributed by atoms with E-state index in [1.54, 1.807) is 18.5 Å². The maximum Gasteiger partial charge on any atom is 0.303 e. The van der Waals surface area contributed by atoms with E-state index in [4.69, 9.17) is 5.11 Å². The highest BCUT2D eigenvalue weighted by molar-refractivity contribution is 7.99. The van der Waals surface area contributed by atoms with Gasteiger partial charge < -0.3 is 10.4 Å². The van der Waals surface area contributed by atoms with Gasteiger partial charge in [-0.25, -0.2) is 4.98 Å². The summed E-state index contributed by atoms with van der Waals surface area (Å²) in [5.74, 6) is -0.416. The first-order valence-electron chi connectivity index (χ1n) is 6.97. The average Bonchev–Trinajstić information content (AvgIpc) is 2.93. The van der Waals surface area contributed by atoms with Crippen LogP contribution in [0.15, 0.2) is 22.4 Å². The third kappa shape index (κ3) is 5.36. The van der Waals surface area contributed by atoms with E-state index in [0.717, 1.165) is 0 Å². The summed E-state index contributed by atoms with van der Waals surface area (Å²) in [5, 5.41) is 13.2. The molecule has 2 aromatic heterocycles. The molecule has 23 heavy (non-hydrogen) atoms. The van der Waals surface area contributed by atoms with Crippen LogP contribution in [0.4, 0.5) is 0 Å². The monoisotopic (exact) mass is 355 g/mol. The Balaban J connectivity index is 1.76. The van der Waals surface area contributed by atoms with Crippen molar-refractivity contribution in [1.29, 1.82) is 0 Å². The summed E-state index contributed by atoms with van der Waals surface area (Å²) in [6.45, 7) is 2.11. The molecule has 2 aromatic rings. The van der Waals surface area contributed by atoms with Crippen molar-refractivity contribution >= 4 is 39.9 Å². The molecule has 1 unspecified atom stereocenters. The Bertz CT molecular complexity index is 756. The van der Waals surface area contributed by atoms with Crippen LogP contribution in [0.1, 0.15) is 19.0 Å². The first-order valence-corrected chi connectivity index (χ1v) is 9.01. The van der Waals surface area contributed by atoms with E-state index in [1.165, 1.54) is 33.6 Å². The van der Waals surface area contributed by atoms with Crippen LogP contribution in [-0.2, 0) is 15.3 Å². The molecule has 0 radical (unpaired) electrons. The van der Waals surface area contributed by atoms with Gasteiger partial charge >= 0.3 is 5.97 Å². The highest BCUT2D eigenvalue weighted by Crippen LogP contribution is 2.12. The molecule has 2 heterocycles. The molecule has 7 nitrogen and oxygen atoms in total. The molecule has 124 valence electrons. The van der Waals surface area contributed by atoms with Crippen molar-refractivity contribution in [2.24, 2.45) is 5.92 Å². The number of amides is 1. The van der Waals surface area contributed by atoms with E-state index in [9.17, 15) is 14.4 Å². The first kappa shape index (κ1) is 17.5. The maximum atomic E-state index is 11.8. The second-order valence-corrected chi connectivity index (χ2v) is 7.00. The van der Waals surface area contributed by atoms with Gasteiger partial charge in [0.2, 0.25) is 5.91 Å². The molecule has 0 saturated heterocycles. The number of rotatable bonds is 8. The molecule has 0 aliphatic rings. The van der Waals surface area contributed by atoms with Crippen LogP contribution < -0.4 is 10.9 Å². The SMILES string of the molecule is CC(CNC(=O)CSCc1cc(=O)n2ccsc2n1)CC(=O)O. The van der Waals surface area contributed by atoms with Gasteiger partial charge in [-0.1, -0.05) is 6.92 Å². The fourth-order valence-electron chi connectivity index (χ4n) is 1.92. The van der Waals surface area contributed by atoms with Gasteiger partial charge in [0, 0.05) is 36.4 Å². The molecule has 0 aliphatic carbocycles. The number of fused-ring (bicyclic) bond motifs is 1. The van der Waals surface area contributed by atoms with Crippen LogP contribution in [0.3, 0.4) is 0 Å². The number of hydrogen-bond acceptors (Lipinski definition) is 6. The largest absolute Gasteiger partial charge is 0.481 e. The van der Waals surface area contributed by atoms with Crippen molar-refractivity contribution in [2.75, 3.05) is 12.3 Å². The smallest absolute Gasteiger partial charge is 0.303 e. The number of carboxylic acid groups (broad SMARTS) is 1. The number of carbonyl (C=O) groups excluding carboxylic acids is 1. The number of aromatic nitrogens is 2. The molecule has 0 saturated carbocycles. The van der Waals surface area contributed by atoms with Crippen LogP contribution >= 0.6 is 23.1 Å². The minimum Gasteiger partial charge on any atom is -0.481 e. The fourth-order valence-corrected chi connectivity index (χ4v) is 3.40. The molecule has 2 rings (SSSR count). The molecule has 1 amide bonds. The second-order valence-electron chi connectivity index (χ2n) is 5.14. The lowest BCUT2D eigenvalue weighted by atomic mass is 10.1. The summed E-state index contributed by atoms with van der Waals surface area (Å²) in [6.07, 6.45) is 1.71. The number of nitrogens with zero attached hydrogens (tertiary/aromatic N) is 2. The maximum absolute atomic E-state index is 11.8. The standard InChI is InChI=1S/C14H17N3O4S2/c1-9(4-13(20)21)6-15-11(18)8-22-7-10-5-12(19)17-2-3-23-14(17)16-10/h2-3,5,9H,4,6-8H2,1H3,(H,15,18)(H,20,21). The Morgan fingerprint density at radius 3 is 3.04 bits per heavy atom. The quantitative estimate of drug-likeness (QED) is 0.738. The lowest BCUT2D eigenvalue weighted by Gasteiger charge is -2.10. The van der Waals surface area contributed by atoms with Crippen molar-refractivity contribution in [2.45, 2.75) is 19.1 Å². The Morgan fingerprint density at radius 2 is 2.30 bits per heavy atom. The predicted molar refractivity (Wildman–Crippen MR) is 89.9 cm³/mol. The van der Waals surface area contributed by atoms with Crippen LogP contribution in [0.5, 0.6) is 0 Å². The highest BCUT2D eigenvalue weighted by atomic mass is 32.2. The van der Waals surface area contributed by atoms with Crippen LogP contribution in [0.2, 0.25) is 0 Å². The third-order valence-corrected chi connectivity index (χ3v) is 4.73. The number of thioether (sulfide) groups is 1. The lowest BCUT2D eigenvalue weighted by molar-refractivity contribution is -0.138. The number of hydrogen-bond donors (Lipinski definition) is 2. The number of thiazole rings is 1. The van der Waals surface area contributed by atoms with Crippen molar-refractivity contribution in [3.05, 3.63) is 33.7 Å². The molecule has 0 bridgehead atoms. The van der Waals surface area contributed by atoms with E-state index in [1.807, 2.05) is 0 Å². The summed E-state index contributed by atoms with van der Waals surface area (Å²) in [4.78, 5) is 39.1. The van der Waals surface area contributed by atoms with Crippen molar-refractivity contribution < 1.29 is 14.7 Å². The summed E-state index contributed by atoms with van der Waals surface area (Å²) in [6, 6.07) is 1.47. The zero-order valence-electron chi connectivity index (χ0n) is 12.5. The average molecular weight is 355 g/mol. The number of nitrogens with one attached hydrogen (secondary N) is 1. The molecular formula is C14H17N3O4S2. The minimum absolute atomic E-state index is 0.0299. The topological polar surface area (TPSA) is 101 Å². The molecule has 0 aliphatic heterocycles. The van der Waals surface area contributed by atoms with Crippen molar-refractivity contribution in [1.82, 2.24) is 14.7 Å². The summed E-state index contributed by atoms with van der Waals surface area (Å²) in [5.41, 5.74) is 0.522. The Hall–Kier alpha value is -1.87. The Labute approximate surface area is 140 Å². The number of carbonyl (C=O) groups is 2. The first-order chi connectivity index (χ1) is 11.0. The summed E-state index contributed by atoms with van der Waals surface area (Å²) < 4.78 is 1.48. The Morgan fingerprint density at radius 1 is 1.52 bits per heavy atom. The van der Waals surface area contributed by atoms with E-state index < -0.39 is 5.97 Å². The normalized spacial score (nSPS) is 12.2. The van der Waals surface area contributed by atoms with Gasteiger partial charge in [0.15, 0.2) is 4.96 Å². The van der Waals surface area contributed by atoms with E-state index in [-0.39, 0.29) is 29.6 Å². The highest BCUT2D eigenvalue weighted by Gasteiger charge is 2.10. The van der Waals surface area contributed by atoms with Crippen LogP contribution in [0, 0.1) is 5.92 Å². The summed E-state index contributed by atoms with van der Waals surface area (Å²) in [7, 11) is 0. The van der Waals surface area contributed by atoms with Gasteiger partial charge in [-0.2, -0.15) is 0 Å². The van der Waals surface area contributed by atoms with E-state index in [0.29, 0.717) is 23.0 Å². The predicted octanol–water partition coefficient (Wildman–Crippen LogP) is 1.22.